The first-order chi connectivity index (χ1) is 15.2. The smallest absolute Gasteiger partial charge is 0.128 e. The maximum absolute atomic E-state index is 9.60. The Bertz CT molecular complexity index is 1310. The van der Waals surface area contributed by atoms with Crippen molar-refractivity contribution >= 4 is 11.3 Å². The van der Waals surface area contributed by atoms with E-state index in [1.165, 1.54) is 0 Å². The van der Waals surface area contributed by atoms with Crippen LogP contribution in [0.3, 0.4) is 0 Å². The van der Waals surface area contributed by atoms with Gasteiger partial charge in [-0.05, 0) is 42.5 Å². The number of rotatable bonds is 4. The minimum Gasteiger partial charge on any atom is -0.356 e. The molecule has 8 nitrogen and oxygen atoms in total. The molecule has 6 rings (SSSR count). The van der Waals surface area contributed by atoms with E-state index in [2.05, 4.69) is 39.4 Å². The zero-order valence-corrected chi connectivity index (χ0v) is 17.2. The molecule has 0 bridgehead atoms. The third-order valence-corrected chi connectivity index (χ3v) is 6.80. The van der Waals surface area contributed by atoms with E-state index in [9.17, 15) is 5.26 Å². The molecule has 8 heteroatoms. The van der Waals surface area contributed by atoms with Crippen molar-refractivity contribution in [1.82, 2.24) is 24.4 Å². The Morgan fingerprint density at radius 2 is 1.90 bits per heavy atom. The van der Waals surface area contributed by atoms with Crippen LogP contribution >= 0.6 is 0 Å². The van der Waals surface area contributed by atoms with E-state index in [0.29, 0.717) is 11.5 Å². The number of nitriles is 1. The Labute approximate surface area is 179 Å². The molecule has 154 valence electrons. The van der Waals surface area contributed by atoms with Crippen molar-refractivity contribution in [2.24, 2.45) is 30.5 Å². The Morgan fingerprint density at radius 3 is 2.55 bits per heavy atom. The summed E-state index contributed by atoms with van der Waals surface area (Å²) < 4.78 is 3.54. The Kier molecular flexibility index (Phi) is 3.88. The average molecular weight is 410 g/mol. The molecule has 4 aromatic rings. The third kappa shape index (κ3) is 2.81. The molecule has 2 fully saturated rings. The molecule has 3 atom stereocenters. The summed E-state index contributed by atoms with van der Waals surface area (Å²) in [6.45, 7) is 2.88. The lowest BCUT2D eigenvalue weighted by atomic mass is 10.0. The van der Waals surface area contributed by atoms with Crippen LogP contribution in [-0.4, -0.2) is 44.0 Å². The number of anilines is 1. The summed E-state index contributed by atoms with van der Waals surface area (Å²) in [7, 11) is 1.89. The number of fused-ring (bicyclic) bond motifs is 2. The predicted octanol–water partition coefficient (Wildman–Crippen LogP) is 2.31. The van der Waals surface area contributed by atoms with E-state index in [4.69, 9.17) is 10.7 Å². The van der Waals surface area contributed by atoms with E-state index in [1.807, 2.05) is 31.8 Å². The number of aromatic nitrogens is 5. The van der Waals surface area contributed by atoms with Crippen LogP contribution < -0.4 is 10.6 Å². The van der Waals surface area contributed by atoms with Crippen LogP contribution in [0.25, 0.3) is 27.8 Å². The summed E-state index contributed by atoms with van der Waals surface area (Å²) in [5.41, 5.74) is 11.0. The lowest BCUT2D eigenvalue weighted by molar-refractivity contribution is 0.644. The van der Waals surface area contributed by atoms with Gasteiger partial charge in [0.15, 0.2) is 0 Å². The van der Waals surface area contributed by atoms with E-state index >= 15 is 0 Å². The lowest BCUT2D eigenvalue weighted by Crippen LogP contribution is -2.26. The molecular weight excluding hydrogens is 388 g/mol. The largest absolute Gasteiger partial charge is 0.356 e. The highest BCUT2D eigenvalue weighted by atomic mass is 15.2. The van der Waals surface area contributed by atoms with Crippen molar-refractivity contribution < 1.29 is 0 Å². The van der Waals surface area contributed by atoms with Crippen molar-refractivity contribution in [2.45, 2.75) is 0 Å². The average Bonchev–Trinajstić information content (AvgIpc) is 3.23. The zero-order valence-electron chi connectivity index (χ0n) is 17.2. The van der Waals surface area contributed by atoms with Crippen LogP contribution in [0.4, 0.5) is 5.82 Å². The van der Waals surface area contributed by atoms with Gasteiger partial charge in [0.05, 0.1) is 23.5 Å². The number of hydrogen-bond donors (Lipinski definition) is 1. The van der Waals surface area contributed by atoms with Gasteiger partial charge in [-0.1, -0.05) is 0 Å². The fraction of sp³-hybridized carbons (Fsp3) is 0.304. The summed E-state index contributed by atoms with van der Waals surface area (Å²) in [6, 6.07) is 8.51. The highest BCUT2D eigenvalue weighted by Gasteiger charge is 2.54. The summed E-state index contributed by atoms with van der Waals surface area (Å²) in [5.74, 6) is 3.16. The second kappa shape index (κ2) is 6.65. The number of nitrogens with zero attached hydrogens (tertiary/aromatic N) is 7. The zero-order chi connectivity index (χ0) is 21.1. The van der Waals surface area contributed by atoms with Gasteiger partial charge in [0.2, 0.25) is 0 Å². The monoisotopic (exact) mass is 410 g/mol. The van der Waals surface area contributed by atoms with Gasteiger partial charge in [0.1, 0.15) is 11.9 Å². The quantitative estimate of drug-likeness (QED) is 0.554. The van der Waals surface area contributed by atoms with Gasteiger partial charge in [-0.2, -0.15) is 15.5 Å². The third-order valence-electron chi connectivity index (χ3n) is 6.80. The first-order valence-electron chi connectivity index (χ1n) is 10.5. The molecule has 5 heterocycles. The summed E-state index contributed by atoms with van der Waals surface area (Å²) in [4.78, 5) is 7.12. The molecular formula is C23H22N8. The second-order valence-electron chi connectivity index (χ2n) is 8.55. The number of aryl methyl sites for hydroxylation is 1. The van der Waals surface area contributed by atoms with Crippen LogP contribution in [-0.2, 0) is 7.05 Å². The van der Waals surface area contributed by atoms with E-state index in [1.54, 1.807) is 15.4 Å². The topological polar surface area (TPSA) is 101 Å². The molecule has 0 amide bonds. The summed E-state index contributed by atoms with van der Waals surface area (Å²) in [5, 5.41) is 18.3. The minimum absolute atomic E-state index is 0.546. The van der Waals surface area contributed by atoms with Crippen molar-refractivity contribution in [3.8, 4) is 28.3 Å². The Morgan fingerprint density at radius 1 is 1.06 bits per heavy atom. The van der Waals surface area contributed by atoms with Gasteiger partial charge in [-0.25, -0.2) is 9.50 Å². The Balaban J connectivity index is 1.39. The minimum atomic E-state index is 0.546. The molecule has 1 aliphatic heterocycles. The van der Waals surface area contributed by atoms with Crippen molar-refractivity contribution in [2.75, 3.05) is 24.5 Å². The maximum atomic E-state index is 9.60. The van der Waals surface area contributed by atoms with Crippen LogP contribution in [0.5, 0.6) is 0 Å². The fourth-order valence-electron chi connectivity index (χ4n) is 5.07. The van der Waals surface area contributed by atoms with Crippen LogP contribution in [0.2, 0.25) is 0 Å². The Hall–Kier alpha value is -3.70. The molecule has 1 saturated heterocycles. The van der Waals surface area contributed by atoms with Gasteiger partial charge >= 0.3 is 0 Å². The summed E-state index contributed by atoms with van der Waals surface area (Å²) >= 11 is 0. The molecule has 1 saturated carbocycles. The molecule has 2 N–H and O–H groups in total. The standard InChI is InChI=1S/C23H22N8/c1-29-10-17(9-27-29)15-4-18(23-16(5-24)8-28-31(23)11-15)14-2-3-22(26-7-14)30-12-20-19(6-25)21(20)13-30/h2-4,7-11,19-21H,6,12-13,25H2,1H3/t19-,20-,21?/m1/s1. The van der Waals surface area contributed by atoms with Crippen molar-refractivity contribution in [3.05, 3.63) is 54.7 Å². The highest BCUT2D eigenvalue weighted by Crippen LogP contribution is 2.51. The van der Waals surface area contributed by atoms with Gasteiger partial charge < -0.3 is 10.6 Å². The highest BCUT2D eigenvalue weighted by molar-refractivity contribution is 5.87. The molecule has 1 aliphatic carbocycles. The first kappa shape index (κ1) is 18.1. The van der Waals surface area contributed by atoms with Crippen molar-refractivity contribution in [3.63, 3.8) is 0 Å². The fourth-order valence-corrected chi connectivity index (χ4v) is 5.07. The van der Waals surface area contributed by atoms with Crippen molar-refractivity contribution in [1.29, 1.82) is 5.26 Å². The number of hydrogen-bond acceptors (Lipinski definition) is 6. The SMILES string of the molecule is Cn1cc(-c2cc(-c3ccc(N4CC5[C@H](CN)[C@H]5C4)nc3)c3c(C#N)cnn3c2)cn1. The normalized spacial score (nSPS) is 22.0. The van der Waals surface area contributed by atoms with E-state index < -0.39 is 0 Å². The molecule has 0 radical (unpaired) electrons. The van der Waals surface area contributed by atoms with Gasteiger partial charge in [-0.3, -0.25) is 4.68 Å². The van der Waals surface area contributed by atoms with E-state index in [0.717, 1.165) is 65.1 Å². The summed E-state index contributed by atoms with van der Waals surface area (Å²) in [6.07, 6.45) is 9.24. The van der Waals surface area contributed by atoms with Crippen LogP contribution in [0.1, 0.15) is 5.56 Å². The first-order valence-corrected chi connectivity index (χ1v) is 10.5. The second-order valence-corrected chi connectivity index (χ2v) is 8.55. The molecule has 0 aromatic carbocycles. The van der Waals surface area contributed by atoms with Crippen LogP contribution in [0.15, 0.2) is 49.2 Å². The molecule has 31 heavy (non-hydrogen) atoms. The molecule has 0 spiro atoms. The van der Waals surface area contributed by atoms with Gasteiger partial charge in [-0.15, -0.1) is 0 Å². The number of piperidine rings is 1. The van der Waals surface area contributed by atoms with Gasteiger partial charge in [0, 0.05) is 61.0 Å². The van der Waals surface area contributed by atoms with Crippen LogP contribution in [0, 0.1) is 29.1 Å². The molecule has 2 aliphatic rings. The predicted molar refractivity (Wildman–Crippen MR) is 117 cm³/mol. The number of pyridine rings is 2. The maximum Gasteiger partial charge on any atom is 0.128 e. The molecule has 4 aromatic heterocycles. The molecule has 1 unspecified atom stereocenters. The lowest BCUT2D eigenvalue weighted by Gasteiger charge is -2.20. The van der Waals surface area contributed by atoms with E-state index in [-0.39, 0.29) is 0 Å². The number of nitrogens with two attached hydrogens (primary N) is 1. The van der Waals surface area contributed by atoms with Gasteiger partial charge in [0.25, 0.3) is 0 Å².